The Morgan fingerprint density at radius 3 is 2.56 bits per heavy atom. The van der Waals surface area contributed by atoms with Crippen molar-refractivity contribution in [2.75, 3.05) is 5.32 Å². The lowest BCUT2D eigenvalue weighted by molar-refractivity contribution is -0.110. The van der Waals surface area contributed by atoms with Crippen molar-refractivity contribution in [3.63, 3.8) is 0 Å². The Morgan fingerprint density at radius 2 is 1.80 bits per heavy atom. The van der Waals surface area contributed by atoms with Gasteiger partial charge in [0.05, 0.1) is 5.69 Å². The van der Waals surface area contributed by atoms with E-state index in [-0.39, 0.29) is 12.0 Å². The van der Waals surface area contributed by atoms with Gasteiger partial charge in [-0.15, -0.1) is 11.3 Å². The van der Waals surface area contributed by atoms with Crippen molar-refractivity contribution in [1.82, 2.24) is 4.98 Å². The van der Waals surface area contributed by atoms with Gasteiger partial charge in [-0.1, -0.05) is 65.8 Å². The average molecular weight is 349 g/mol. The van der Waals surface area contributed by atoms with Crippen molar-refractivity contribution in [3.05, 3.63) is 71.6 Å². The predicted molar refractivity (Wildman–Crippen MR) is 98.5 cm³/mol. The maximum Gasteiger partial charge on any atom is 0.275 e. The molecule has 1 aliphatic heterocycles. The fourth-order valence-corrected chi connectivity index (χ4v) is 3.31. The van der Waals surface area contributed by atoms with Crippen molar-refractivity contribution in [3.8, 4) is 11.3 Å². The summed E-state index contributed by atoms with van der Waals surface area (Å²) in [6, 6.07) is 19.6. The molecule has 0 radical (unpaired) electrons. The van der Waals surface area contributed by atoms with Gasteiger partial charge in [-0.25, -0.2) is 4.98 Å². The second-order valence-corrected chi connectivity index (χ2v) is 6.46. The minimum Gasteiger partial charge on any atom is -0.387 e. The Hall–Kier alpha value is -2.99. The van der Waals surface area contributed by atoms with Gasteiger partial charge in [0.15, 0.2) is 11.2 Å². The summed E-state index contributed by atoms with van der Waals surface area (Å²) in [4.78, 5) is 22.2. The Balaban J connectivity index is 1.41. The van der Waals surface area contributed by atoms with E-state index in [4.69, 9.17) is 4.84 Å². The van der Waals surface area contributed by atoms with E-state index >= 15 is 0 Å². The normalized spacial score (nSPS) is 16.2. The lowest BCUT2D eigenvalue weighted by atomic mass is 10.0. The van der Waals surface area contributed by atoms with Gasteiger partial charge in [-0.05, 0) is 5.56 Å². The van der Waals surface area contributed by atoms with Crippen LogP contribution in [0.4, 0.5) is 5.13 Å². The number of anilines is 1. The number of amides is 1. The van der Waals surface area contributed by atoms with Crippen molar-refractivity contribution in [2.24, 2.45) is 5.16 Å². The summed E-state index contributed by atoms with van der Waals surface area (Å²) in [6.45, 7) is 0. The fraction of sp³-hybridized carbons (Fsp3) is 0.105. The molecule has 3 aromatic rings. The van der Waals surface area contributed by atoms with Gasteiger partial charge in [0.1, 0.15) is 5.71 Å². The molecule has 0 aliphatic carbocycles. The number of aromatic nitrogens is 1. The molecule has 0 bridgehead atoms. The Kier molecular flexibility index (Phi) is 4.26. The highest BCUT2D eigenvalue weighted by Crippen LogP contribution is 2.28. The quantitative estimate of drug-likeness (QED) is 0.765. The van der Waals surface area contributed by atoms with Gasteiger partial charge in [0.25, 0.3) is 5.91 Å². The Labute approximate surface area is 149 Å². The molecule has 0 saturated heterocycles. The minimum atomic E-state index is -0.271. The van der Waals surface area contributed by atoms with Crippen LogP contribution in [0.25, 0.3) is 11.3 Å². The summed E-state index contributed by atoms with van der Waals surface area (Å²) in [5, 5.41) is 9.21. The van der Waals surface area contributed by atoms with Crippen LogP contribution >= 0.6 is 11.3 Å². The minimum absolute atomic E-state index is 0.210. The summed E-state index contributed by atoms with van der Waals surface area (Å²) < 4.78 is 0. The van der Waals surface area contributed by atoms with Crippen LogP contribution in [0.3, 0.4) is 0 Å². The first-order chi connectivity index (χ1) is 12.3. The van der Waals surface area contributed by atoms with Crippen LogP contribution in [-0.2, 0) is 9.63 Å². The molecule has 1 amide bonds. The number of carbonyl (C=O) groups excluding carboxylic acids is 1. The average Bonchev–Trinajstić information content (AvgIpc) is 3.33. The number of hydrogen-bond acceptors (Lipinski definition) is 5. The van der Waals surface area contributed by atoms with Gasteiger partial charge in [0.2, 0.25) is 0 Å². The molecule has 5 nitrogen and oxygen atoms in total. The molecule has 0 fully saturated rings. The zero-order chi connectivity index (χ0) is 17.1. The third kappa shape index (κ3) is 3.44. The third-order valence-corrected chi connectivity index (χ3v) is 4.65. The molecule has 1 aromatic heterocycles. The molecule has 2 heterocycles. The fourth-order valence-electron chi connectivity index (χ4n) is 2.60. The van der Waals surface area contributed by atoms with Crippen LogP contribution in [-0.4, -0.2) is 16.6 Å². The second-order valence-electron chi connectivity index (χ2n) is 5.60. The van der Waals surface area contributed by atoms with Crippen molar-refractivity contribution in [1.29, 1.82) is 0 Å². The van der Waals surface area contributed by atoms with Crippen LogP contribution in [0.5, 0.6) is 0 Å². The smallest absolute Gasteiger partial charge is 0.275 e. The van der Waals surface area contributed by atoms with Gasteiger partial charge >= 0.3 is 0 Å². The maximum atomic E-state index is 12.4. The first kappa shape index (κ1) is 15.5. The number of carbonyl (C=O) groups is 1. The monoisotopic (exact) mass is 349 g/mol. The maximum absolute atomic E-state index is 12.4. The topological polar surface area (TPSA) is 63.6 Å². The van der Waals surface area contributed by atoms with E-state index in [2.05, 4.69) is 15.5 Å². The van der Waals surface area contributed by atoms with Crippen molar-refractivity contribution >= 4 is 28.1 Å². The zero-order valence-electron chi connectivity index (χ0n) is 13.3. The predicted octanol–water partition coefficient (Wildman–Crippen LogP) is 4.27. The van der Waals surface area contributed by atoms with E-state index in [1.165, 1.54) is 11.3 Å². The van der Waals surface area contributed by atoms with Gasteiger partial charge in [-0.3, -0.25) is 10.1 Å². The molecule has 1 N–H and O–H groups in total. The second kappa shape index (κ2) is 6.86. The van der Waals surface area contributed by atoms with Crippen LogP contribution in [0.15, 0.2) is 71.2 Å². The van der Waals surface area contributed by atoms with Gasteiger partial charge < -0.3 is 4.84 Å². The zero-order valence-corrected chi connectivity index (χ0v) is 14.1. The number of rotatable bonds is 4. The molecular weight excluding hydrogens is 334 g/mol. The molecule has 0 spiro atoms. The molecule has 124 valence electrons. The Bertz CT molecular complexity index is 907. The van der Waals surface area contributed by atoms with E-state index < -0.39 is 0 Å². The largest absolute Gasteiger partial charge is 0.387 e. The number of oxime groups is 1. The highest BCUT2D eigenvalue weighted by Gasteiger charge is 2.27. The molecule has 0 saturated carbocycles. The molecule has 4 rings (SSSR count). The lowest BCUT2D eigenvalue weighted by Gasteiger charge is -2.07. The van der Waals surface area contributed by atoms with E-state index in [0.717, 1.165) is 16.8 Å². The molecule has 2 aromatic carbocycles. The standard InChI is InChI=1S/C19H15N3O2S/c23-18(15-11-17(24-22-15)14-9-5-2-6-10-14)21-19-20-16(12-25-19)13-7-3-1-4-8-13/h1-10,12,17H,11H2,(H,20,21,23). The molecule has 1 aliphatic rings. The number of hydrogen-bond donors (Lipinski definition) is 1. The number of benzene rings is 2. The van der Waals surface area contributed by atoms with E-state index in [1.807, 2.05) is 66.0 Å². The molecule has 1 unspecified atom stereocenters. The first-order valence-corrected chi connectivity index (χ1v) is 8.77. The molecule has 1 atom stereocenters. The van der Waals surface area contributed by atoms with E-state index in [1.54, 1.807) is 0 Å². The highest BCUT2D eigenvalue weighted by atomic mass is 32.1. The first-order valence-electron chi connectivity index (χ1n) is 7.89. The van der Waals surface area contributed by atoms with Crippen LogP contribution in [0.1, 0.15) is 18.1 Å². The highest BCUT2D eigenvalue weighted by molar-refractivity contribution is 7.14. The van der Waals surface area contributed by atoms with Crippen molar-refractivity contribution < 1.29 is 9.63 Å². The lowest BCUT2D eigenvalue weighted by Crippen LogP contribution is -2.21. The van der Waals surface area contributed by atoms with Crippen molar-refractivity contribution in [2.45, 2.75) is 12.5 Å². The van der Waals surface area contributed by atoms with Crippen LogP contribution < -0.4 is 5.32 Å². The number of nitrogens with one attached hydrogen (secondary N) is 1. The third-order valence-electron chi connectivity index (χ3n) is 3.90. The summed E-state index contributed by atoms with van der Waals surface area (Å²) in [5.74, 6) is -0.271. The van der Waals surface area contributed by atoms with E-state index in [9.17, 15) is 4.79 Å². The Morgan fingerprint density at radius 1 is 1.08 bits per heavy atom. The molecule has 6 heteroatoms. The summed E-state index contributed by atoms with van der Waals surface area (Å²) in [6.07, 6.45) is 0.241. The number of thiazole rings is 1. The summed E-state index contributed by atoms with van der Waals surface area (Å²) in [5.41, 5.74) is 3.25. The summed E-state index contributed by atoms with van der Waals surface area (Å²) in [7, 11) is 0. The van der Waals surface area contributed by atoms with Crippen LogP contribution in [0, 0.1) is 0 Å². The van der Waals surface area contributed by atoms with E-state index in [0.29, 0.717) is 17.3 Å². The SMILES string of the molecule is O=C(Nc1nc(-c2ccccc2)cs1)C1=NOC(c2ccccc2)C1. The van der Waals surface area contributed by atoms with Gasteiger partial charge in [0, 0.05) is 17.4 Å². The molecular formula is C19H15N3O2S. The number of nitrogens with zero attached hydrogens (tertiary/aromatic N) is 2. The van der Waals surface area contributed by atoms with Crippen LogP contribution in [0.2, 0.25) is 0 Å². The summed E-state index contributed by atoms with van der Waals surface area (Å²) >= 11 is 1.39. The van der Waals surface area contributed by atoms with Gasteiger partial charge in [-0.2, -0.15) is 0 Å². The molecule has 25 heavy (non-hydrogen) atoms.